The molecule has 156 valence electrons. The summed E-state index contributed by atoms with van der Waals surface area (Å²) < 4.78 is 5.95. The van der Waals surface area contributed by atoms with E-state index in [9.17, 15) is 0 Å². The van der Waals surface area contributed by atoms with Crippen LogP contribution in [0.5, 0.6) is 0 Å². The highest BCUT2D eigenvalue weighted by atomic mass is 127. The average molecular weight is 517 g/mol. The zero-order chi connectivity index (χ0) is 19.2. The molecule has 2 aromatic rings. The summed E-state index contributed by atoms with van der Waals surface area (Å²) in [6.45, 7) is 12.7. The first-order chi connectivity index (χ1) is 13.1. The number of nitrogens with one attached hydrogen (secondary N) is 2. The summed E-state index contributed by atoms with van der Waals surface area (Å²) in [5, 5.41) is 7.91. The van der Waals surface area contributed by atoms with Gasteiger partial charge >= 0.3 is 0 Å². The molecule has 0 aliphatic carbocycles. The molecule has 1 aliphatic rings. The molecule has 1 fully saturated rings. The zero-order valence-electron chi connectivity index (χ0n) is 17.2. The van der Waals surface area contributed by atoms with Gasteiger partial charge in [-0.1, -0.05) is 0 Å². The van der Waals surface area contributed by atoms with E-state index in [-0.39, 0.29) is 30.0 Å². The third-order valence-corrected chi connectivity index (χ3v) is 5.98. The van der Waals surface area contributed by atoms with E-state index in [2.05, 4.69) is 47.4 Å². The third-order valence-electron chi connectivity index (χ3n) is 4.92. The minimum absolute atomic E-state index is 0. The first-order valence-electron chi connectivity index (χ1n) is 9.82. The van der Waals surface area contributed by atoms with Crippen molar-refractivity contribution < 1.29 is 4.42 Å². The monoisotopic (exact) mass is 517 g/mol. The number of likely N-dealkylation sites (tertiary alicyclic amines) is 1. The number of guanidine groups is 1. The Bertz CT molecular complexity index is 747. The molecule has 8 heteroatoms. The maximum Gasteiger partial charge on any atom is 0.191 e. The van der Waals surface area contributed by atoms with Gasteiger partial charge in [0.2, 0.25) is 0 Å². The number of aliphatic imine (C=N–C) groups is 1. The second-order valence-electron chi connectivity index (χ2n) is 7.03. The van der Waals surface area contributed by atoms with Crippen LogP contribution < -0.4 is 10.6 Å². The fourth-order valence-corrected chi connectivity index (χ4v) is 4.24. The van der Waals surface area contributed by atoms with E-state index in [0.717, 1.165) is 54.4 Å². The van der Waals surface area contributed by atoms with E-state index >= 15 is 0 Å². The van der Waals surface area contributed by atoms with Crippen molar-refractivity contribution in [3.8, 4) is 0 Å². The molecular formula is C20H32IN5OS. The molecule has 0 bridgehead atoms. The molecule has 0 amide bonds. The molecule has 3 heterocycles. The Hall–Kier alpha value is -1.13. The molecule has 1 saturated heterocycles. The average Bonchev–Trinajstić information content (AvgIpc) is 3.37. The van der Waals surface area contributed by atoms with E-state index in [0.29, 0.717) is 6.54 Å². The lowest BCUT2D eigenvalue weighted by Crippen LogP contribution is -2.42. The number of hydrogen-bond donors (Lipinski definition) is 2. The number of thiazole rings is 1. The number of nitrogens with zero attached hydrogens (tertiary/aromatic N) is 3. The summed E-state index contributed by atoms with van der Waals surface area (Å²) in [7, 11) is 0. The molecule has 6 nitrogen and oxygen atoms in total. The van der Waals surface area contributed by atoms with Gasteiger partial charge in [0.15, 0.2) is 5.96 Å². The van der Waals surface area contributed by atoms with Crippen LogP contribution in [0.15, 0.2) is 21.5 Å². The predicted octanol–water partition coefficient (Wildman–Crippen LogP) is 4.17. The first-order valence-corrected chi connectivity index (χ1v) is 10.6. The SMILES string of the molecule is CCNC(=NCc1nc(C)c(C)s1)NCC(c1ccc(C)o1)N1CCCC1.I. The molecule has 2 aromatic heterocycles. The van der Waals surface area contributed by atoms with Crippen molar-refractivity contribution in [1.29, 1.82) is 0 Å². The quantitative estimate of drug-likeness (QED) is 0.328. The minimum atomic E-state index is 0. The van der Waals surface area contributed by atoms with E-state index < -0.39 is 0 Å². The second-order valence-corrected chi connectivity index (χ2v) is 8.32. The van der Waals surface area contributed by atoms with Crippen LogP contribution in [0, 0.1) is 20.8 Å². The van der Waals surface area contributed by atoms with Gasteiger partial charge in [0.1, 0.15) is 16.5 Å². The summed E-state index contributed by atoms with van der Waals surface area (Å²) in [6, 6.07) is 4.38. The smallest absolute Gasteiger partial charge is 0.191 e. The van der Waals surface area contributed by atoms with Crippen molar-refractivity contribution in [3.05, 3.63) is 39.2 Å². The van der Waals surface area contributed by atoms with Gasteiger partial charge in [-0.2, -0.15) is 0 Å². The van der Waals surface area contributed by atoms with Crippen LogP contribution in [0.2, 0.25) is 0 Å². The Kier molecular flexibility index (Phi) is 9.23. The lowest BCUT2D eigenvalue weighted by molar-refractivity contribution is 0.213. The highest BCUT2D eigenvalue weighted by Crippen LogP contribution is 2.26. The minimum Gasteiger partial charge on any atom is -0.465 e. The highest BCUT2D eigenvalue weighted by Gasteiger charge is 2.26. The Labute approximate surface area is 189 Å². The van der Waals surface area contributed by atoms with Crippen LogP contribution in [-0.2, 0) is 6.54 Å². The molecule has 1 atom stereocenters. The molecule has 1 unspecified atom stereocenters. The normalized spacial score (nSPS) is 16.1. The second kappa shape index (κ2) is 11.2. The van der Waals surface area contributed by atoms with Crippen LogP contribution in [0.4, 0.5) is 0 Å². The molecule has 0 saturated carbocycles. The third kappa shape index (κ3) is 6.18. The lowest BCUT2D eigenvalue weighted by Gasteiger charge is -2.26. The number of furan rings is 1. The summed E-state index contributed by atoms with van der Waals surface area (Å²) in [5.74, 6) is 2.82. The summed E-state index contributed by atoms with van der Waals surface area (Å²) in [4.78, 5) is 13.1. The van der Waals surface area contributed by atoms with Gasteiger partial charge in [0.05, 0.1) is 18.3 Å². The van der Waals surface area contributed by atoms with Gasteiger partial charge in [0, 0.05) is 18.0 Å². The van der Waals surface area contributed by atoms with E-state index in [1.807, 2.05) is 13.0 Å². The van der Waals surface area contributed by atoms with Crippen molar-refractivity contribution in [1.82, 2.24) is 20.5 Å². The van der Waals surface area contributed by atoms with Gasteiger partial charge in [-0.25, -0.2) is 9.98 Å². The largest absolute Gasteiger partial charge is 0.465 e. The van der Waals surface area contributed by atoms with Crippen LogP contribution >= 0.6 is 35.3 Å². The van der Waals surface area contributed by atoms with Gasteiger partial charge in [-0.3, -0.25) is 4.90 Å². The summed E-state index contributed by atoms with van der Waals surface area (Å²) >= 11 is 1.72. The fourth-order valence-electron chi connectivity index (χ4n) is 3.38. The van der Waals surface area contributed by atoms with E-state index in [4.69, 9.17) is 9.41 Å². The molecular weight excluding hydrogens is 485 g/mol. The molecule has 0 radical (unpaired) electrons. The first kappa shape index (κ1) is 23.2. The van der Waals surface area contributed by atoms with Crippen LogP contribution in [0.25, 0.3) is 0 Å². The van der Waals surface area contributed by atoms with Gasteiger partial charge in [-0.15, -0.1) is 35.3 Å². The maximum absolute atomic E-state index is 5.95. The van der Waals surface area contributed by atoms with Gasteiger partial charge in [0.25, 0.3) is 0 Å². The number of hydrogen-bond acceptors (Lipinski definition) is 5. The van der Waals surface area contributed by atoms with Gasteiger partial charge in [-0.05, 0) is 65.8 Å². The molecule has 0 aromatic carbocycles. The van der Waals surface area contributed by atoms with Crippen molar-refractivity contribution in [3.63, 3.8) is 0 Å². The molecule has 1 aliphatic heterocycles. The predicted molar refractivity (Wildman–Crippen MR) is 127 cm³/mol. The van der Waals surface area contributed by atoms with Crippen molar-refractivity contribution >= 4 is 41.3 Å². The number of halogens is 1. The Morgan fingerprint density at radius 3 is 2.57 bits per heavy atom. The number of aryl methyl sites for hydroxylation is 3. The molecule has 28 heavy (non-hydrogen) atoms. The van der Waals surface area contributed by atoms with Crippen molar-refractivity contribution in [2.75, 3.05) is 26.2 Å². The maximum atomic E-state index is 5.95. The summed E-state index contributed by atoms with van der Waals surface area (Å²) in [6.07, 6.45) is 2.51. The highest BCUT2D eigenvalue weighted by molar-refractivity contribution is 14.0. The number of rotatable bonds is 7. The molecule has 3 rings (SSSR count). The number of aromatic nitrogens is 1. The Balaban J connectivity index is 0.00000280. The zero-order valence-corrected chi connectivity index (χ0v) is 20.4. The van der Waals surface area contributed by atoms with Crippen molar-refractivity contribution in [2.45, 2.75) is 53.1 Å². The van der Waals surface area contributed by atoms with E-state index in [1.54, 1.807) is 11.3 Å². The van der Waals surface area contributed by atoms with Gasteiger partial charge < -0.3 is 15.1 Å². The molecule has 2 N–H and O–H groups in total. The topological polar surface area (TPSA) is 65.7 Å². The summed E-state index contributed by atoms with van der Waals surface area (Å²) in [5.41, 5.74) is 1.10. The van der Waals surface area contributed by atoms with E-state index in [1.165, 1.54) is 17.7 Å². The van der Waals surface area contributed by atoms with Crippen LogP contribution in [0.1, 0.15) is 52.9 Å². The fraction of sp³-hybridized carbons (Fsp3) is 0.600. The Morgan fingerprint density at radius 2 is 2.00 bits per heavy atom. The lowest BCUT2D eigenvalue weighted by atomic mass is 10.2. The standard InChI is InChI=1S/C20H31N5OS.HI/c1-5-21-20(23-13-19-24-15(3)16(4)27-19)22-12-17(25-10-6-7-11-25)18-9-8-14(2)26-18;/h8-9,17H,5-7,10-13H2,1-4H3,(H2,21,22,23);1H. The Morgan fingerprint density at radius 1 is 1.25 bits per heavy atom. The van der Waals surface area contributed by atoms with Crippen LogP contribution in [0.3, 0.4) is 0 Å². The molecule has 0 spiro atoms. The van der Waals surface area contributed by atoms with Crippen LogP contribution in [-0.4, -0.2) is 42.0 Å². The van der Waals surface area contributed by atoms with Crippen molar-refractivity contribution in [2.24, 2.45) is 4.99 Å².